The molecule has 1 aliphatic heterocycles. The number of halogens is 3. The predicted molar refractivity (Wildman–Crippen MR) is 115 cm³/mol. The summed E-state index contributed by atoms with van der Waals surface area (Å²) in [6.45, 7) is 3.52. The highest BCUT2D eigenvalue weighted by atomic mass is 19.4. The molecule has 6 nitrogen and oxygen atoms in total. The average Bonchev–Trinajstić information content (AvgIpc) is 2.69. The summed E-state index contributed by atoms with van der Waals surface area (Å²) in [7, 11) is 1.64. The van der Waals surface area contributed by atoms with Crippen LogP contribution >= 0.6 is 0 Å². The molecule has 2 amide bonds. The number of pyridine rings is 1. The van der Waals surface area contributed by atoms with Crippen molar-refractivity contribution in [3.05, 3.63) is 70.0 Å². The van der Waals surface area contributed by atoms with Gasteiger partial charge in [-0.2, -0.15) is 13.2 Å². The van der Waals surface area contributed by atoms with E-state index in [0.29, 0.717) is 28.6 Å². The molecule has 0 aliphatic carbocycles. The van der Waals surface area contributed by atoms with Gasteiger partial charge in [0.1, 0.15) is 11.4 Å². The van der Waals surface area contributed by atoms with Gasteiger partial charge in [0.2, 0.25) is 0 Å². The number of aryl methyl sites for hydroxylation is 1. The Bertz CT molecular complexity index is 1260. The Hall–Kier alpha value is -3.49. The Morgan fingerprint density at radius 2 is 1.91 bits per heavy atom. The first-order valence-electron chi connectivity index (χ1n) is 10.0. The van der Waals surface area contributed by atoms with Crippen molar-refractivity contribution in [2.75, 3.05) is 5.32 Å². The highest BCUT2D eigenvalue weighted by molar-refractivity contribution is 6.00. The smallest absolute Gasteiger partial charge is 0.416 e. The summed E-state index contributed by atoms with van der Waals surface area (Å²) in [5.41, 5.74) is -0.0980. The zero-order valence-electron chi connectivity index (χ0n) is 17.7. The number of nitrogens with one attached hydrogen (secondary N) is 2. The molecule has 0 radical (unpaired) electrons. The molecule has 0 saturated carbocycles. The van der Waals surface area contributed by atoms with Gasteiger partial charge in [-0.3, -0.25) is 4.79 Å². The molecule has 0 fully saturated rings. The molecule has 4 rings (SSSR count). The third kappa shape index (κ3) is 4.15. The molecule has 9 heteroatoms. The minimum atomic E-state index is -4.49. The van der Waals surface area contributed by atoms with Crippen molar-refractivity contribution < 1.29 is 22.7 Å². The summed E-state index contributed by atoms with van der Waals surface area (Å²) < 4.78 is 46.6. The molecule has 2 aromatic carbocycles. The van der Waals surface area contributed by atoms with Crippen LogP contribution in [0.4, 0.5) is 23.7 Å². The molecule has 2 N–H and O–H groups in total. The van der Waals surface area contributed by atoms with E-state index in [2.05, 4.69) is 10.6 Å². The van der Waals surface area contributed by atoms with Crippen LogP contribution in [-0.4, -0.2) is 16.2 Å². The number of carbonyl (C=O) groups excluding carboxylic acids is 1. The molecule has 0 saturated heterocycles. The predicted octanol–water partition coefficient (Wildman–Crippen LogP) is 4.98. The fourth-order valence-electron chi connectivity index (χ4n) is 3.99. The van der Waals surface area contributed by atoms with Crippen LogP contribution in [0.1, 0.15) is 37.4 Å². The van der Waals surface area contributed by atoms with Gasteiger partial charge in [0, 0.05) is 30.5 Å². The van der Waals surface area contributed by atoms with Gasteiger partial charge in [-0.25, -0.2) is 4.79 Å². The van der Waals surface area contributed by atoms with E-state index in [0.717, 1.165) is 12.1 Å². The molecule has 1 atom stereocenters. The number of rotatable bonds is 2. The number of hydrogen-bond acceptors (Lipinski definition) is 3. The molecule has 32 heavy (non-hydrogen) atoms. The number of aromatic nitrogens is 1. The van der Waals surface area contributed by atoms with E-state index in [1.165, 1.54) is 16.7 Å². The van der Waals surface area contributed by atoms with Crippen molar-refractivity contribution in [2.24, 2.45) is 7.05 Å². The number of alkyl halides is 3. The molecule has 3 aromatic rings. The summed E-state index contributed by atoms with van der Waals surface area (Å²) in [6.07, 6.45) is -4.11. The van der Waals surface area contributed by atoms with Crippen LogP contribution in [0.15, 0.2) is 53.3 Å². The zero-order valence-corrected chi connectivity index (χ0v) is 17.7. The number of fused-ring (bicyclic) bond motifs is 2. The van der Waals surface area contributed by atoms with E-state index in [1.807, 2.05) is 0 Å². The minimum absolute atomic E-state index is 0.0986. The number of carbonyl (C=O) groups is 1. The van der Waals surface area contributed by atoms with E-state index >= 15 is 0 Å². The second kappa shape index (κ2) is 7.58. The fraction of sp³-hybridized carbons (Fsp3) is 0.304. The van der Waals surface area contributed by atoms with Gasteiger partial charge in [-0.05, 0) is 44.2 Å². The van der Waals surface area contributed by atoms with Gasteiger partial charge in [-0.1, -0.05) is 12.1 Å². The van der Waals surface area contributed by atoms with Crippen LogP contribution in [0, 0.1) is 0 Å². The van der Waals surface area contributed by atoms with E-state index in [9.17, 15) is 22.8 Å². The van der Waals surface area contributed by atoms with Crippen LogP contribution in [0.25, 0.3) is 10.9 Å². The monoisotopic (exact) mass is 445 g/mol. The first kappa shape index (κ1) is 21.7. The quantitative estimate of drug-likeness (QED) is 0.584. The lowest BCUT2D eigenvalue weighted by Gasteiger charge is -2.38. The highest BCUT2D eigenvalue weighted by Crippen LogP contribution is 2.42. The second-order valence-corrected chi connectivity index (χ2v) is 8.44. The summed E-state index contributed by atoms with van der Waals surface area (Å²) in [4.78, 5) is 24.7. The van der Waals surface area contributed by atoms with Crippen LogP contribution in [0.5, 0.6) is 5.75 Å². The molecule has 1 aliphatic rings. The summed E-state index contributed by atoms with van der Waals surface area (Å²) in [5, 5.41) is 6.32. The van der Waals surface area contributed by atoms with Gasteiger partial charge in [0.05, 0.1) is 22.8 Å². The van der Waals surface area contributed by atoms with Gasteiger partial charge in [0.25, 0.3) is 5.56 Å². The highest BCUT2D eigenvalue weighted by Gasteiger charge is 2.37. The molecular formula is C23H22F3N3O3. The van der Waals surface area contributed by atoms with Gasteiger partial charge >= 0.3 is 12.2 Å². The third-order valence-electron chi connectivity index (χ3n) is 5.52. The number of nitrogens with zero attached hydrogens (tertiary/aromatic N) is 1. The van der Waals surface area contributed by atoms with Gasteiger partial charge in [-0.15, -0.1) is 0 Å². The van der Waals surface area contributed by atoms with E-state index in [-0.39, 0.29) is 11.3 Å². The molecule has 0 spiro atoms. The Labute approximate surface area is 182 Å². The van der Waals surface area contributed by atoms with Crippen molar-refractivity contribution in [3.63, 3.8) is 0 Å². The standard InChI is InChI=1S/C23H22F3N3O3/c1-22(2)12-17(15-8-7-13(23(24,25)26)11-19(15)32-22)28-21(31)27-16-5-4-6-18-14(16)9-10-20(30)29(18)3/h4-11,17H,12H2,1-3H3,(H2,27,28,31)/t17-/m1/s1. The maximum atomic E-state index is 13.1. The van der Waals surface area contributed by atoms with E-state index in [4.69, 9.17) is 4.74 Å². The zero-order chi connectivity index (χ0) is 23.3. The second-order valence-electron chi connectivity index (χ2n) is 8.44. The molecule has 0 unspecified atom stereocenters. The van der Waals surface area contributed by atoms with Crippen molar-refractivity contribution >= 4 is 22.6 Å². The number of amides is 2. The van der Waals surface area contributed by atoms with Crippen LogP contribution in [-0.2, 0) is 13.2 Å². The lowest BCUT2D eigenvalue weighted by Crippen LogP contribution is -2.42. The maximum Gasteiger partial charge on any atom is 0.416 e. The van der Waals surface area contributed by atoms with Crippen LogP contribution in [0.2, 0.25) is 0 Å². The average molecular weight is 445 g/mol. The first-order chi connectivity index (χ1) is 14.9. The molecule has 1 aromatic heterocycles. The summed E-state index contributed by atoms with van der Waals surface area (Å²) in [6, 6.07) is 10.5. The Morgan fingerprint density at radius 3 is 2.62 bits per heavy atom. The minimum Gasteiger partial charge on any atom is -0.487 e. The SMILES string of the molecule is Cn1c(=O)ccc2c(NC(=O)N[C@@H]3CC(C)(C)Oc4cc(C(F)(F)F)ccc43)cccc21. The number of ether oxygens (including phenoxy) is 1. The molecular weight excluding hydrogens is 423 g/mol. The van der Waals surface area contributed by atoms with Gasteiger partial charge < -0.3 is 19.9 Å². The first-order valence-corrected chi connectivity index (χ1v) is 10.0. The molecule has 2 heterocycles. The van der Waals surface area contributed by atoms with Crippen LogP contribution in [0.3, 0.4) is 0 Å². The Balaban J connectivity index is 1.61. The normalized spacial score (nSPS) is 17.4. The summed E-state index contributed by atoms with van der Waals surface area (Å²) in [5.74, 6) is 0.0986. The topological polar surface area (TPSA) is 72.4 Å². The van der Waals surface area contributed by atoms with Crippen molar-refractivity contribution in [2.45, 2.75) is 38.1 Å². The number of urea groups is 1. The number of hydrogen-bond donors (Lipinski definition) is 2. The Morgan fingerprint density at radius 1 is 1.16 bits per heavy atom. The molecule has 168 valence electrons. The lowest BCUT2D eigenvalue weighted by atomic mass is 9.89. The van der Waals surface area contributed by atoms with Gasteiger partial charge in [0.15, 0.2) is 0 Å². The van der Waals surface area contributed by atoms with E-state index < -0.39 is 29.4 Å². The van der Waals surface area contributed by atoms with E-state index in [1.54, 1.807) is 45.2 Å². The lowest BCUT2D eigenvalue weighted by molar-refractivity contribution is -0.137. The number of anilines is 1. The van der Waals surface area contributed by atoms with Crippen LogP contribution < -0.4 is 20.9 Å². The Kier molecular flexibility index (Phi) is 5.15. The van der Waals surface area contributed by atoms with Crippen molar-refractivity contribution in [3.8, 4) is 5.75 Å². The third-order valence-corrected chi connectivity index (χ3v) is 5.52. The number of benzene rings is 2. The maximum absolute atomic E-state index is 13.1. The summed E-state index contributed by atoms with van der Waals surface area (Å²) >= 11 is 0. The largest absolute Gasteiger partial charge is 0.487 e. The fourth-order valence-corrected chi connectivity index (χ4v) is 3.99. The molecule has 0 bridgehead atoms. The van der Waals surface area contributed by atoms with Crippen molar-refractivity contribution in [1.29, 1.82) is 0 Å². The van der Waals surface area contributed by atoms with Crippen molar-refractivity contribution in [1.82, 2.24) is 9.88 Å².